The average Bonchev–Trinajstić information content (AvgIpc) is 3.27. The first kappa shape index (κ1) is 15.8. The highest BCUT2D eigenvalue weighted by Gasteiger charge is 2.35. The smallest absolute Gasteiger partial charge is 0.227 e. The molecule has 2 N–H and O–H groups in total. The fourth-order valence-electron chi connectivity index (χ4n) is 3.79. The maximum atomic E-state index is 12.8. The number of fused-ring (bicyclic) bond motifs is 1. The number of likely N-dealkylation sites (tertiary alicyclic amines) is 1. The zero-order valence-electron chi connectivity index (χ0n) is 14.1. The largest absolute Gasteiger partial charge is 0.341 e. The Morgan fingerprint density at radius 2 is 1.92 bits per heavy atom. The van der Waals surface area contributed by atoms with Gasteiger partial charge in [-0.3, -0.25) is 4.79 Å². The molecule has 25 heavy (non-hydrogen) atoms. The van der Waals surface area contributed by atoms with Crippen LogP contribution in [0.15, 0.2) is 60.9 Å². The predicted molar refractivity (Wildman–Crippen MR) is 97.2 cm³/mol. The molecule has 1 amide bonds. The molecule has 5 nitrogen and oxygen atoms in total. The van der Waals surface area contributed by atoms with Crippen LogP contribution in [0.5, 0.6) is 0 Å². The van der Waals surface area contributed by atoms with Crippen LogP contribution in [0.3, 0.4) is 0 Å². The van der Waals surface area contributed by atoms with Gasteiger partial charge in [-0.05, 0) is 30.2 Å². The molecule has 3 heterocycles. The standard InChI is InChI=1S/C20H22N4O/c21-11-17-13-23(14-18(17)15-6-2-1-3-7-15)20(25)10-16-12-22-24-9-5-4-8-19(16)24/h1-9,12,17-18H,10-11,13-14,21H2/t17-,18+/m1/s1. The summed E-state index contributed by atoms with van der Waals surface area (Å²) in [5, 5.41) is 4.32. The summed E-state index contributed by atoms with van der Waals surface area (Å²) in [7, 11) is 0. The summed E-state index contributed by atoms with van der Waals surface area (Å²) in [5.74, 6) is 0.782. The van der Waals surface area contributed by atoms with Crippen molar-refractivity contribution in [1.82, 2.24) is 14.5 Å². The van der Waals surface area contributed by atoms with E-state index in [0.717, 1.165) is 24.2 Å². The first-order valence-corrected chi connectivity index (χ1v) is 8.70. The normalized spacial score (nSPS) is 20.3. The third-order valence-electron chi connectivity index (χ3n) is 5.17. The number of nitrogens with zero attached hydrogens (tertiary/aromatic N) is 3. The second-order valence-electron chi connectivity index (χ2n) is 6.69. The topological polar surface area (TPSA) is 63.6 Å². The van der Waals surface area contributed by atoms with Crippen LogP contribution >= 0.6 is 0 Å². The van der Waals surface area contributed by atoms with Gasteiger partial charge in [0.05, 0.1) is 18.1 Å². The summed E-state index contributed by atoms with van der Waals surface area (Å²) in [6.07, 6.45) is 4.07. The molecular weight excluding hydrogens is 312 g/mol. The van der Waals surface area contributed by atoms with Gasteiger partial charge in [0.1, 0.15) is 0 Å². The van der Waals surface area contributed by atoms with E-state index in [4.69, 9.17) is 5.73 Å². The average molecular weight is 334 g/mol. The van der Waals surface area contributed by atoms with Gasteiger partial charge in [-0.15, -0.1) is 0 Å². The molecule has 3 aromatic rings. The molecule has 1 fully saturated rings. The lowest BCUT2D eigenvalue weighted by molar-refractivity contribution is -0.129. The van der Waals surface area contributed by atoms with Crippen LogP contribution in [0.4, 0.5) is 0 Å². The minimum Gasteiger partial charge on any atom is -0.341 e. The Labute approximate surface area is 147 Å². The van der Waals surface area contributed by atoms with E-state index in [1.807, 2.05) is 52.0 Å². The lowest BCUT2D eigenvalue weighted by Gasteiger charge is -2.16. The maximum absolute atomic E-state index is 12.8. The van der Waals surface area contributed by atoms with E-state index in [0.29, 0.717) is 24.8 Å². The third kappa shape index (κ3) is 3.03. The van der Waals surface area contributed by atoms with Crippen molar-refractivity contribution in [2.45, 2.75) is 12.3 Å². The number of carbonyl (C=O) groups is 1. The monoisotopic (exact) mass is 334 g/mol. The molecule has 0 unspecified atom stereocenters. The Hall–Kier alpha value is -2.66. The molecule has 4 rings (SSSR count). The molecule has 2 aromatic heterocycles. The molecule has 0 saturated carbocycles. The van der Waals surface area contributed by atoms with Crippen molar-refractivity contribution in [3.8, 4) is 0 Å². The minimum atomic E-state index is 0.149. The van der Waals surface area contributed by atoms with Crippen molar-refractivity contribution in [1.29, 1.82) is 0 Å². The van der Waals surface area contributed by atoms with Crippen LogP contribution in [0, 0.1) is 5.92 Å². The van der Waals surface area contributed by atoms with Gasteiger partial charge in [0, 0.05) is 30.8 Å². The van der Waals surface area contributed by atoms with E-state index in [2.05, 4.69) is 17.2 Å². The number of amides is 1. The number of rotatable bonds is 4. The molecule has 0 radical (unpaired) electrons. The molecular formula is C20H22N4O. The minimum absolute atomic E-state index is 0.149. The number of hydrogen-bond acceptors (Lipinski definition) is 3. The SMILES string of the molecule is NC[C@@H]1CN(C(=O)Cc2cnn3ccccc23)C[C@H]1c1ccccc1. The first-order valence-electron chi connectivity index (χ1n) is 8.70. The van der Waals surface area contributed by atoms with Crippen LogP contribution in [-0.4, -0.2) is 40.1 Å². The van der Waals surface area contributed by atoms with Gasteiger partial charge in [-0.1, -0.05) is 36.4 Å². The summed E-state index contributed by atoms with van der Waals surface area (Å²) in [4.78, 5) is 14.8. The van der Waals surface area contributed by atoms with E-state index >= 15 is 0 Å². The van der Waals surface area contributed by atoms with Crippen molar-refractivity contribution >= 4 is 11.4 Å². The van der Waals surface area contributed by atoms with Crippen molar-refractivity contribution < 1.29 is 4.79 Å². The number of hydrogen-bond donors (Lipinski definition) is 1. The van der Waals surface area contributed by atoms with Crippen LogP contribution in [-0.2, 0) is 11.2 Å². The van der Waals surface area contributed by atoms with E-state index < -0.39 is 0 Å². The van der Waals surface area contributed by atoms with Gasteiger partial charge in [0.2, 0.25) is 5.91 Å². The molecule has 1 aliphatic heterocycles. The van der Waals surface area contributed by atoms with E-state index in [1.54, 1.807) is 6.20 Å². The van der Waals surface area contributed by atoms with E-state index in [1.165, 1.54) is 5.56 Å². The summed E-state index contributed by atoms with van der Waals surface area (Å²) in [6, 6.07) is 16.3. The highest BCUT2D eigenvalue weighted by atomic mass is 16.2. The lowest BCUT2D eigenvalue weighted by atomic mass is 9.89. The Morgan fingerprint density at radius 1 is 1.12 bits per heavy atom. The van der Waals surface area contributed by atoms with Gasteiger partial charge in [-0.25, -0.2) is 4.52 Å². The third-order valence-corrected chi connectivity index (χ3v) is 5.17. The Bertz CT molecular complexity index is 874. The number of benzene rings is 1. The molecule has 5 heteroatoms. The number of aromatic nitrogens is 2. The predicted octanol–water partition coefficient (Wildman–Crippen LogP) is 2.08. The summed E-state index contributed by atoms with van der Waals surface area (Å²) in [5.41, 5.74) is 9.21. The molecule has 2 atom stereocenters. The second kappa shape index (κ2) is 6.69. The zero-order valence-corrected chi connectivity index (χ0v) is 14.1. The summed E-state index contributed by atoms with van der Waals surface area (Å²) < 4.78 is 1.81. The zero-order chi connectivity index (χ0) is 17.2. The molecule has 0 aliphatic carbocycles. The van der Waals surface area contributed by atoms with Crippen LogP contribution in [0.1, 0.15) is 17.0 Å². The molecule has 0 bridgehead atoms. The van der Waals surface area contributed by atoms with Gasteiger partial charge >= 0.3 is 0 Å². The molecule has 0 spiro atoms. The molecule has 1 aliphatic rings. The highest BCUT2D eigenvalue weighted by molar-refractivity contribution is 5.81. The molecule has 1 saturated heterocycles. The second-order valence-corrected chi connectivity index (χ2v) is 6.69. The van der Waals surface area contributed by atoms with Gasteiger partial charge in [0.25, 0.3) is 0 Å². The molecule has 128 valence electrons. The van der Waals surface area contributed by atoms with Crippen molar-refractivity contribution in [3.63, 3.8) is 0 Å². The summed E-state index contributed by atoms with van der Waals surface area (Å²) in [6.45, 7) is 2.07. The van der Waals surface area contributed by atoms with E-state index in [9.17, 15) is 4.79 Å². The number of carbonyl (C=O) groups excluding carboxylic acids is 1. The lowest BCUT2D eigenvalue weighted by Crippen LogP contribution is -2.31. The van der Waals surface area contributed by atoms with Gasteiger partial charge < -0.3 is 10.6 Å². The number of nitrogens with two attached hydrogens (primary N) is 1. The summed E-state index contributed by atoms with van der Waals surface area (Å²) >= 11 is 0. The van der Waals surface area contributed by atoms with Crippen LogP contribution < -0.4 is 5.73 Å². The van der Waals surface area contributed by atoms with E-state index in [-0.39, 0.29) is 5.91 Å². The maximum Gasteiger partial charge on any atom is 0.227 e. The number of pyridine rings is 1. The molecule has 1 aromatic carbocycles. The van der Waals surface area contributed by atoms with Crippen molar-refractivity contribution in [2.24, 2.45) is 11.7 Å². The fraction of sp³-hybridized carbons (Fsp3) is 0.300. The Kier molecular flexibility index (Phi) is 4.24. The quantitative estimate of drug-likeness (QED) is 0.794. The van der Waals surface area contributed by atoms with Gasteiger partial charge in [-0.2, -0.15) is 5.10 Å². The van der Waals surface area contributed by atoms with Crippen LogP contribution in [0.25, 0.3) is 5.52 Å². The van der Waals surface area contributed by atoms with Crippen LogP contribution in [0.2, 0.25) is 0 Å². The fourth-order valence-corrected chi connectivity index (χ4v) is 3.79. The van der Waals surface area contributed by atoms with Gasteiger partial charge in [0.15, 0.2) is 0 Å². The highest BCUT2D eigenvalue weighted by Crippen LogP contribution is 2.32. The first-order chi connectivity index (χ1) is 12.3. The Morgan fingerprint density at radius 3 is 2.72 bits per heavy atom. The van der Waals surface area contributed by atoms with Crippen molar-refractivity contribution in [2.75, 3.05) is 19.6 Å². The van der Waals surface area contributed by atoms with Crippen molar-refractivity contribution in [3.05, 3.63) is 72.1 Å². The Balaban J connectivity index is 1.51.